The molecule has 0 aliphatic heterocycles. The molecule has 0 aliphatic rings. The van der Waals surface area contributed by atoms with Crippen molar-refractivity contribution in [3.8, 4) is 5.75 Å². The van der Waals surface area contributed by atoms with Crippen LogP contribution >= 0.6 is 11.6 Å². The molecule has 1 amide bonds. The van der Waals surface area contributed by atoms with Gasteiger partial charge in [-0.15, -0.1) is 4.57 Å². The number of carbonyl (C=O) groups is 1. The Bertz CT molecular complexity index is 1310. The van der Waals surface area contributed by atoms with Gasteiger partial charge < -0.3 is 14.6 Å². The molecule has 7 nitrogen and oxygen atoms in total. The van der Waals surface area contributed by atoms with E-state index in [0.717, 1.165) is 10.1 Å². The van der Waals surface area contributed by atoms with Crippen molar-refractivity contribution >= 4 is 28.8 Å². The highest BCUT2D eigenvalue weighted by Crippen LogP contribution is 2.24. The second-order valence-corrected chi connectivity index (χ2v) is 7.25. The van der Waals surface area contributed by atoms with Crippen LogP contribution in [-0.4, -0.2) is 15.5 Å². The van der Waals surface area contributed by atoms with Crippen molar-refractivity contribution in [1.82, 2.24) is 9.56 Å². The molecule has 0 atom stereocenters. The summed E-state index contributed by atoms with van der Waals surface area (Å²) < 4.78 is 12.3. The summed E-state index contributed by atoms with van der Waals surface area (Å²) in [4.78, 5) is 29.0. The number of halogens is 1. The van der Waals surface area contributed by atoms with Crippen LogP contribution < -0.4 is 15.6 Å². The van der Waals surface area contributed by atoms with Crippen LogP contribution in [0.4, 0.5) is 5.69 Å². The zero-order valence-corrected chi connectivity index (χ0v) is 17.1. The van der Waals surface area contributed by atoms with Gasteiger partial charge in [-0.2, -0.15) is 0 Å². The lowest BCUT2D eigenvalue weighted by Crippen LogP contribution is -2.14. The maximum absolute atomic E-state index is 12.4. The second-order valence-electron chi connectivity index (χ2n) is 6.82. The molecule has 4 aromatic rings. The van der Waals surface area contributed by atoms with Gasteiger partial charge in [0.2, 0.25) is 0 Å². The quantitative estimate of drug-likeness (QED) is 0.514. The van der Waals surface area contributed by atoms with E-state index in [1.807, 2.05) is 13.0 Å². The number of nitrogens with one attached hydrogen (secondary N) is 1. The molecule has 0 unspecified atom stereocenters. The minimum absolute atomic E-state index is 0.0997. The summed E-state index contributed by atoms with van der Waals surface area (Å²) in [6, 6.07) is 15.1. The summed E-state index contributed by atoms with van der Waals surface area (Å²) in [7, 11) is 0. The average molecular weight is 424 g/mol. The highest BCUT2D eigenvalue weighted by Gasteiger charge is 2.11. The lowest BCUT2D eigenvalue weighted by Gasteiger charge is -2.12. The van der Waals surface area contributed by atoms with Crippen LogP contribution in [0.3, 0.4) is 0 Å². The van der Waals surface area contributed by atoms with Crippen molar-refractivity contribution < 1.29 is 14.1 Å². The molecule has 8 heteroatoms. The Morgan fingerprint density at radius 2 is 2.00 bits per heavy atom. The fraction of sp³-hybridized carbons (Fsp3) is 0.136. The Labute approximate surface area is 176 Å². The summed E-state index contributed by atoms with van der Waals surface area (Å²) in [5, 5.41) is 3.32. The monoisotopic (exact) mass is 423 g/mol. The number of aromatic nitrogens is 2. The summed E-state index contributed by atoms with van der Waals surface area (Å²) in [5.74, 6) is 0.892. The zero-order valence-electron chi connectivity index (χ0n) is 16.3. The van der Waals surface area contributed by atoms with Gasteiger partial charge >= 0.3 is 0 Å². The molecule has 0 radical (unpaired) electrons. The third kappa shape index (κ3) is 4.21. The van der Waals surface area contributed by atoms with E-state index in [-0.39, 0.29) is 18.1 Å². The van der Waals surface area contributed by atoms with Crippen molar-refractivity contribution in [2.24, 2.45) is 0 Å². The van der Waals surface area contributed by atoms with Crippen molar-refractivity contribution in [1.29, 1.82) is 0 Å². The largest absolute Gasteiger partial charge is 0.487 e. The van der Waals surface area contributed by atoms with Crippen LogP contribution in [-0.2, 0) is 6.61 Å². The predicted molar refractivity (Wildman–Crippen MR) is 113 cm³/mol. The molecule has 0 bridgehead atoms. The van der Waals surface area contributed by atoms with E-state index in [2.05, 4.69) is 10.3 Å². The molecule has 2 aromatic heterocycles. The van der Waals surface area contributed by atoms with E-state index in [1.165, 1.54) is 6.07 Å². The normalized spacial score (nSPS) is 10.9. The number of anilines is 1. The van der Waals surface area contributed by atoms with Gasteiger partial charge in [-0.1, -0.05) is 23.7 Å². The first kappa shape index (κ1) is 19.7. The Balaban J connectivity index is 1.51. The Morgan fingerprint density at radius 3 is 2.80 bits per heavy atom. The van der Waals surface area contributed by atoms with Crippen molar-refractivity contribution in [2.75, 3.05) is 5.32 Å². The number of ether oxygens (including phenoxy) is 1. The van der Waals surface area contributed by atoms with Gasteiger partial charge in [0.1, 0.15) is 18.1 Å². The van der Waals surface area contributed by atoms with Gasteiger partial charge in [-0.3, -0.25) is 9.59 Å². The maximum Gasteiger partial charge on any atom is 0.287 e. The standard InChI is InChI=1S/C22H18ClN3O4/c1-13-6-7-17(25-22(28)15-4-3-5-16(23)9-15)10-19(13)29-12-18-11-21(27)26-20(24-18)8-14(2)30-26/h3-11H,12H2,1-2H3,(H,25,28). The van der Waals surface area contributed by atoms with Crippen LogP contribution in [0.25, 0.3) is 5.65 Å². The lowest BCUT2D eigenvalue weighted by atomic mass is 10.1. The second kappa shape index (κ2) is 8.04. The highest BCUT2D eigenvalue weighted by molar-refractivity contribution is 6.31. The number of hydrogen-bond acceptors (Lipinski definition) is 5. The number of benzene rings is 2. The molecule has 2 heterocycles. The van der Waals surface area contributed by atoms with E-state index in [9.17, 15) is 9.59 Å². The minimum Gasteiger partial charge on any atom is -0.487 e. The molecule has 1 N–H and O–H groups in total. The number of fused-ring (bicyclic) bond motifs is 1. The van der Waals surface area contributed by atoms with Crippen LogP contribution in [0.1, 0.15) is 27.4 Å². The molecule has 0 fully saturated rings. The number of aryl methyl sites for hydroxylation is 2. The average Bonchev–Trinajstić information content (AvgIpc) is 3.09. The Hall–Kier alpha value is -3.58. The molecule has 4 rings (SSSR count). The van der Waals surface area contributed by atoms with E-state index in [1.54, 1.807) is 49.4 Å². The van der Waals surface area contributed by atoms with Crippen LogP contribution in [0.5, 0.6) is 5.75 Å². The maximum atomic E-state index is 12.4. The first-order chi connectivity index (χ1) is 14.4. The van der Waals surface area contributed by atoms with E-state index < -0.39 is 0 Å². The smallest absolute Gasteiger partial charge is 0.287 e. The molecule has 2 aromatic carbocycles. The number of amides is 1. The number of nitrogens with zero attached hydrogens (tertiary/aromatic N) is 2. The predicted octanol–water partition coefficient (Wildman–Crippen LogP) is 4.39. The summed E-state index contributed by atoms with van der Waals surface area (Å²) in [5.41, 5.74) is 2.51. The number of hydrogen-bond donors (Lipinski definition) is 1. The van der Waals surface area contributed by atoms with Crippen LogP contribution in [0.2, 0.25) is 5.02 Å². The summed E-state index contributed by atoms with van der Waals surface area (Å²) >= 11 is 5.95. The van der Waals surface area contributed by atoms with Gasteiger partial charge in [-0.05, 0) is 43.7 Å². The fourth-order valence-corrected chi connectivity index (χ4v) is 3.16. The van der Waals surface area contributed by atoms with Gasteiger partial charge in [0.15, 0.2) is 5.65 Å². The van der Waals surface area contributed by atoms with Crippen molar-refractivity contribution in [3.05, 3.63) is 92.6 Å². The molecular weight excluding hydrogens is 406 g/mol. The Morgan fingerprint density at radius 1 is 1.17 bits per heavy atom. The van der Waals surface area contributed by atoms with Gasteiger partial charge in [-0.25, -0.2) is 4.98 Å². The summed E-state index contributed by atoms with van der Waals surface area (Å²) in [6.07, 6.45) is 0. The van der Waals surface area contributed by atoms with Crippen molar-refractivity contribution in [2.45, 2.75) is 20.5 Å². The van der Waals surface area contributed by atoms with E-state index in [0.29, 0.717) is 39.1 Å². The van der Waals surface area contributed by atoms with E-state index >= 15 is 0 Å². The molecule has 30 heavy (non-hydrogen) atoms. The minimum atomic E-state index is -0.314. The number of rotatable bonds is 5. The van der Waals surface area contributed by atoms with Crippen molar-refractivity contribution in [3.63, 3.8) is 0 Å². The third-order valence-corrected chi connectivity index (χ3v) is 4.67. The first-order valence-electron chi connectivity index (χ1n) is 9.19. The Kier molecular flexibility index (Phi) is 5.29. The molecule has 0 saturated heterocycles. The van der Waals surface area contributed by atoms with Gasteiger partial charge in [0, 0.05) is 34.5 Å². The zero-order chi connectivity index (χ0) is 21.3. The van der Waals surface area contributed by atoms with Gasteiger partial charge in [0.05, 0.1) is 5.69 Å². The van der Waals surface area contributed by atoms with Crippen LogP contribution in [0, 0.1) is 13.8 Å². The SMILES string of the molecule is Cc1cc2nc(COc3cc(NC(=O)c4cccc(Cl)c4)ccc3C)cc(=O)n2o1. The third-order valence-electron chi connectivity index (χ3n) is 4.43. The highest BCUT2D eigenvalue weighted by atomic mass is 35.5. The lowest BCUT2D eigenvalue weighted by molar-refractivity contribution is 0.102. The van der Waals surface area contributed by atoms with Gasteiger partial charge in [0.25, 0.3) is 11.5 Å². The molecule has 0 saturated carbocycles. The molecule has 152 valence electrons. The van der Waals surface area contributed by atoms with E-state index in [4.69, 9.17) is 20.9 Å². The first-order valence-corrected chi connectivity index (χ1v) is 9.57. The molecule has 0 aliphatic carbocycles. The molecular formula is C22H18ClN3O4. The topological polar surface area (TPSA) is 85.8 Å². The van der Waals surface area contributed by atoms with Crippen LogP contribution in [0.15, 0.2) is 63.9 Å². The summed E-state index contributed by atoms with van der Waals surface area (Å²) in [6.45, 7) is 3.74. The fourth-order valence-electron chi connectivity index (χ4n) is 2.97. The number of carbonyl (C=O) groups excluding carboxylic acids is 1. The molecule has 0 spiro atoms.